The van der Waals surface area contributed by atoms with E-state index in [1.165, 1.54) is 17.0 Å². The summed E-state index contributed by atoms with van der Waals surface area (Å²) in [6.07, 6.45) is 9.59. The van der Waals surface area contributed by atoms with Gasteiger partial charge in [-0.15, -0.1) is 18.2 Å². The third-order valence-corrected chi connectivity index (χ3v) is 10.8. The molecule has 0 radical (unpaired) electrons. The summed E-state index contributed by atoms with van der Waals surface area (Å²) in [5, 5.41) is 35.5. The average Bonchev–Trinajstić information content (AvgIpc) is 3.19. The minimum atomic E-state index is -1.43. The van der Waals surface area contributed by atoms with Gasteiger partial charge in [-0.2, -0.15) is 0 Å². The van der Waals surface area contributed by atoms with E-state index in [1.54, 1.807) is 31.3 Å². The summed E-state index contributed by atoms with van der Waals surface area (Å²) in [5.74, 6) is -0.711. The van der Waals surface area contributed by atoms with E-state index in [0.717, 1.165) is 36.8 Å². The molecule has 1 fully saturated rings. The number of non-ortho nitro benzene ring substituents is 1. The standard InChI is InChI=1S/C41H52ClN3O10/c1-4-21-51-31-16-17-36-34(25-31)38-32(11-7-9-20-47)29(10-6-8-19-46)24-33-35(43-54-27-28-12-14-30(15-13-28)45(49)50)26-37(44(3)40(48)52-23-18-42)41(55-36,39(33)38)53-22-5-2/h4-5,12-17,24-25,29,32,37-39,46-47H,1-2,6-11,18-23,26-27H2,3H3/t29-,32+,37-,38+,39+,41+/m0/s1. The SMILES string of the molecule is C=CCOc1ccc2c(c1)[C@H]1[C@H](CCCCO)[C@@H](CCCCO)C=C3C(=NOCc4ccc([N+](=O)[O-])cc4)C[C@H](N(C)C(=O)OCCCl)[C@@](OCC=C)(O2)[C@H]31. The van der Waals surface area contributed by atoms with Crippen LogP contribution in [0, 0.1) is 27.9 Å². The zero-order valence-electron chi connectivity index (χ0n) is 31.4. The van der Waals surface area contributed by atoms with Crippen LogP contribution in [0.5, 0.6) is 11.5 Å². The molecule has 0 unspecified atom stereocenters. The molecular formula is C41H52ClN3O10. The number of aliphatic hydroxyl groups is 2. The number of hydrogen-bond donors (Lipinski definition) is 2. The van der Waals surface area contributed by atoms with Crippen LogP contribution < -0.4 is 9.47 Å². The first kappa shape index (κ1) is 41.7. The molecule has 0 bridgehead atoms. The number of aliphatic hydroxyl groups excluding tert-OH is 2. The van der Waals surface area contributed by atoms with Crippen molar-refractivity contribution in [2.75, 3.05) is 46.0 Å². The molecule has 1 saturated carbocycles. The maximum absolute atomic E-state index is 13.7. The molecule has 2 N–H and O–H groups in total. The third kappa shape index (κ3) is 9.52. The number of rotatable bonds is 21. The van der Waals surface area contributed by atoms with Crippen LogP contribution >= 0.6 is 11.6 Å². The highest BCUT2D eigenvalue weighted by molar-refractivity contribution is 6.18. The molecule has 13 nitrogen and oxygen atoms in total. The van der Waals surface area contributed by atoms with E-state index in [0.29, 0.717) is 42.2 Å². The van der Waals surface area contributed by atoms with Crippen molar-refractivity contribution in [2.45, 2.75) is 69.3 Å². The Morgan fingerprint density at radius 1 is 1.09 bits per heavy atom. The highest BCUT2D eigenvalue weighted by atomic mass is 35.5. The molecule has 14 heteroatoms. The van der Waals surface area contributed by atoms with Gasteiger partial charge in [0.1, 0.15) is 37.4 Å². The monoisotopic (exact) mass is 781 g/mol. The maximum Gasteiger partial charge on any atom is 0.410 e. The molecule has 2 aliphatic carbocycles. The van der Waals surface area contributed by atoms with Crippen LogP contribution in [0.2, 0.25) is 0 Å². The summed E-state index contributed by atoms with van der Waals surface area (Å²) in [7, 11) is 1.64. The van der Waals surface area contributed by atoms with Crippen LogP contribution in [-0.4, -0.2) is 89.6 Å². The molecule has 1 amide bonds. The summed E-state index contributed by atoms with van der Waals surface area (Å²) < 4.78 is 25.5. The number of nitro groups is 1. The number of likely N-dealkylation sites (N-methyl/N-ethyl adjacent to an activating group) is 1. The predicted molar refractivity (Wildman–Crippen MR) is 208 cm³/mol. The fourth-order valence-electron chi connectivity index (χ4n) is 8.23. The fraction of sp³-hybridized carbons (Fsp3) is 0.512. The topological polar surface area (TPSA) is 162 Å². The van der Waals surface area contributed by atoms with Crippen LogP contribution in [0.25, 0.3) is 0 Å². The number of alkyl halides is 1. The average molecular weight is 782 g/mol. The number of oxime groups is 1. The van der Waals surface area contributed by atoms with E-state index >= 15 is 0 Å². The van der Waals surface area contributed by atoms with Crippen LogP contribution in [0.1, 0.15) is 62.0 Å². The number of nitro benzene ring substituents is 1. The van der Waals surface area contributed by atoms with Gasteiger partial charge >= 0.3 is 6.09 Å². The quantitative estimate of drug-likeness (QED) is 0.0432. The molecule has 2 aromatic rings. The van der Waals surface area contributed by atoms with Crippen molar-refractivity contribution >= 4 is 29.1 Å². The largest absolute Gasteiger partial charge is 0.490 e. The van der Waals surface area contributed by atoms with Gasteiger partial charge in [-0.1, -0.05) is 42.8 Å². The van der Waals surface area contributed by atoms with Crippen molar-refractivity contribution in [3.05, 3.63) is 101 Å². The van der Waals surface area contributed by atoms with Crippen LogP contribution in [0.15, 0.2) is 84.6 Å². The van der Waals surface area contributed by atoms with Gasteiger partial charge in [0.05, 0.1) is 29.0 Å². The number of fused-ring (bicyclic) bond motifs is 2. The number of carbonyl (C=O) groups is 1. The lowest BCUT2D eigenvalue weighted by atomic mass is 9.55. The molecule has 5 rings (SSSR count). The molecule has 1 heterocycles. The molecule has 55 heavy (non-hydrogen) atoms. The first-order valence-corrected chi connectivity index (χ1v) is 19.4. The van der Waals surface area contributed by atoms with E-state index in [2.05, 4.69) is 19.2 Å². The summed E-state index contributed by atoms with van der Waals surface area (Å²) in [6.45, 7) is 8.38. The van der Waals surface area contributed by atoms with Crippen molar-refractivity contribution in [1.82, 2.24) is 4.90 Å². The Morgan fingerprint density at radius 2 is 1.82 bits per heavy atom. The number of ether oxygens (including phenoxy) is 4. The fourth-order valence-corrected chi connectivity index (χ4v) is 8.30. The second kappa shape index (κ2) is 19.9. The van der Waals surface area contributed by atoms with E-state index in [4.69, 9.17) is 40.5 Å². The molecular weight excluding hydrogens is 730 g/mol. The van der Waals surface area contributed by atoms with Crippen molar-refractivity contribution in [1.29, 1.82) is 0 Å². The highest BCUT2D eigenvalue weighted by Crippen LogP contribution is 2.61. The van der Waals surface area contributed by atoms with Gasteiger partial charge in [0.15, 0.2) is 0 Å². The Bertz CT molecular complexity index is 1700. The minimum absolute atomic E-state index is 0.00803. The van der Waals surface area contributed by atoms with E-state index in [-0.39, 0.29) is 68.8 Å². The maximum atomic E-state index is 13.7. The summed E-state index contributed by atoms with van der Waals surface area (Å²) in [6, 6.07) is 11.1. The molecule has 0 aromatic heterocycles. The molecule has 298 valence electrons. The summed E-state index contributed by atoms with van der Waals surface area (Å²) in [4.78, 5) is 31.9. The Hall–Kier alpha value is -4.43. The van der Waals surface area contributed by atoms with E-state index in [1.807, 2.05) is 18.2 Å². The Morgan fingerprint density at radius 3 is 2.49 bits per heavy atom. The van der Waals surface area contributed by atoms with Crippen molar-refractivity contribution < 1.29 is 43.7 Å². The number of allylic oxidation sites excluding steroid dienone is 1. The lowest BCUT2D eigenvalue weighted by Crippen LogP contribution is -2.69. The van der Waals surface area contributed by atoms with Gasteiger partial charge in [0.25, 0.3) is 5.69 Å². The number of amides is 1. The smallest absolute Gasteiger partial charge is 0.410 e. The third-order valence-electron chi connectivity index (χ3n) is 10.6. The second-order valence-electron chi connectivity index (χ2n) is 14.0. The predicted octanol–water partition coefficient (Wildman–Crippen LogP) is 7.30. The zero-order valence-corrected chi connectivity index (χ0v) is 32.1. The lowest BCUT2D eigenvalue weighted by molar-refractivity contribution is -0.384. The van der Waals surface area contributed by atoms with Crippen molar-refractivity contribution in [3.8, 4) is 11.5 Å². The Balaban J connectivity index is 1.71. The minimum Gasteiger partial charge on any atom is -0.490 e. The van der Waals surface area contributed by atoms with Crippen LogP contribution in [-0.2, 0) is 20.9 Å². The number of halogens is 1. The van der Waals surface area contributed by atoms with Crippen LogP contribution in [0.4, 0.5) is 10.5 Å². The number of carbonyl (C=O) groups excluding carboxylic acids is 1. The molecule has 6 atom stereocenters. The molecule has 0 saturated heterocycles. The number of hydrogen-bond acceptors (Lipinski definition) is 11. The van der Waals surface area contributed by atoms with Gasteiger partial charge in [-0.05, 0) is 79.0 Å². The van der Waals surface area contributed by atoms with Crippen LogP contribution in [0.3, 0.4) is 0 Å². The van der Waals surface area contributed by atoms with Gasteiger partial charge in [0.2, 0.25) is 5.79 Å². The van der Waals surface area contributed by atoms with Crippen molar-refractivity contribution in [3.63, 3.8) is 0 Å². The number of unbranched alkanes of at least 4 members (excludes halogenated alkanes) is 2. The first-order valence-electron chi connectivity index (χ1n) is 18.9. The summed E-state index contributed by atoms with van der Waals surface area (Å²) >= 11 is 5.91. The van der Waals surface area contributed by atoms with E-state index in [9.17, 15) is 25.1 Å². The van der Waals surface area contributed by atoms with Gasteiger partial charge in [0, 0.05) is 50.3 Å². The lowest BCUT2D eigenvalue weighted by Gasteiger charge is -2.59. The van der Waals surface area contributed by atoms with E-state index < -0.39 is 28.8 Å². The number of benzene rings is 2. The Kier molecular flexibility index (Phi) is 15.1. The molecule has 0 spiro atoms. The normalized spacial score (nSPS) is 24.4. The molecule has 1 aliphatic heterocycles. The Labute approximate surface area is 327 Å². The molecule has 2 aromatic carbocycles. The van der Waals surface area contributed by atoms with Gasteiger partial charge < -0.3 is 38.9 Å². The highest BCUT2D eigenvalue weighted by Gasteiger charge is 2.65. The van der Waals surface area contributed by atoms with Gasteiger partial charge in [-0.25, -0.2) is 4.79 Å². The first-order chi connectivity index (χ1) is 26.7. The molecule has 3 aliphatic rings. The number of nitrogens with zero attached hydrogens (tertiary/aromatic N) is 3. The zero-order chi connectivity index (χ0) is 39.4. The van der Waals surface area contributed by atoms with Crippen molar-refractivity contribution in [2.24, 2.45) is 22.9 Å². The summed E-state index contributed by atoms with van der Waals surface area (Å²) in [5.41, 5.74) is 3.06. The van der Waals surface area contributed by atoms with Gasteiger partial charge in [-0.3, -0.25) is 10.1 Å². The second-order valence-corrected chi connectivity index (χ2v) is 14.4.